The molecule has 0 saturated heterocycles. The van der Waals surface area contributed by atoms with Crippen molar-refractivity contribution in [2.75, 3.05) is 12.9 Å². The van der Waals surface area contributed by atoms with E-state index in [4.69, 9.17) is 4.74 Å². The van der Waals surface area contributed by atoms with E-state index >= 15 is 0 Å². The summed E-state index contributed by atoms with van der Waals surface area (Å²) in [5.74, 6) is 0.587. The number of hydrogen-bond acceptors (Lipinski definition) is 3. The van der Waals surface area contributed by atoms with Crippen molar-refractivity contribution in [3.05, 3.63) is 59.7 Å². The fourth-order valence-corrected chi connectivity index (χ4v) is 2.64. The number of carbonyl (C=O) groups is 1. The number of amides is 1. The van der Waals surface area contributed by atoms with Crippen LogP contribution in [0.15, 0.2) is 53.4 Å². The van der Waals surface area contributed by atoms with E-state index in [-0.39, 0.29) is 18.6 Å². The molecule has 23 heavy (non-hydrogen) atoms. The molecule has 0 unspecified atom stereocenters. The van der Waals surface area contributed by atoms with E-state index in [0.29, 0.717) is 5.75 Å². The molecule has 1 N–H and O–H groups in total. The maximum Gasteiger partial charge on any atom is 0.258 e. The van der Waals surface area contributed by atoms with Crippen molar-refractivity contribution >= 4 is 17.7 Å². The summed E-state index contributed by atoms with van der Waals surface area (Å²) in [6.07, 6.45) is 3.04. The van der Waals surface area contributed by atoms with Gasteiger partial charge in [-0.05, 0) is 55.0 Å². The van der Waals surface area contributed by atoms with Crippen LogP contribution in [0.25, 0.3) is 0 Å². The Kier molecular flexibility index (Phi) is 6.53. The largest absolute Gasteiger partial charge is 0.484 e. The predicted octanol–water partition coefficient (Wildman–Crippen LogP) is 4.23. The third-order valence-electron chi connectivity index (χ3n) is 3.69. The molecule has 0 aromatic heterocycles. The van der Waals surface area contributed by atoms with Gasteiger partial charge in [-0.2, -0.15) is 0 Å². The van der Waals surface area contributed by atoms with Crippen molar-refractivity contribution in [2.24, 2.45) is 0 Å². The third-order valence-corrected chi connectivity index (χ3v) is 4.44. The maximum atomic E-state index is 12.0. The van der Waals surface area contributed by atoms with Gasteiger partial charge in [-0.25, -0.2) is 0 Å². The number of hydrogen-bond donors (Lipinski definition) is 1. The molecule has 4 heteroatoms. The molecular weight excluding hydrogens is 306 g/mol. The van der Waals surface area contributed by atoms with E-state index in [9.17, 15) is 4.79 Å². The van der Waals surface area contributed by atoms with Gasteiger partial charge in [0.25, 0.3) is 5.91 Å². The van der Waals surface area contributed by atoms with Crippen molar-refractivity contribution in [2.45, 2.75) is 31.2 Å². The first-order chi connectivity index (χ1) is 11.1. The molecular formula is C19H23NO2S. The summed E-state index contributed by atoms with van der Waals surface area (Å²) in [4.78, 5) is 13.2. The summed E-state index contributed by atoms with van der Waals surface area (Å²) in [6, 6.07) is 16.0. The maximum absolute atomic E-state index is 12.0. The molecule has 0 saturated carbocycles. The number of nitrogens with one attached hydrogen (secondary N) is 1. The minimum absolute atomic E-state index is 0.0238. The van der Waals surface area contributed by atoms with E-state index in [1.54, 1.807) is 11.8 Å². The Morgan fingerprint density at radius 1 is 1.13 bits per heavy atom. The molecule has 0 aliphatic heterocycles. The van der Waals surface area contributed by atoms with Gasteiger partial charge < -0.3 is 10.1 Å². The number of rotatable bonds is 7. The Morgan fingerprint density at radius 2 is 1.78 bits per heavy atom. The topological polar surface area (TPSA) is 38.3 Å². The zero-order valence-corrected chi connectivity index (χ0v) is 14.7. The van der Waals surface area contributed by atoms with Crippen LogP contribution in [0.2, 0.25) is 0 Å². The molecule has 0 radical (unpaired) electrons. The molecule has 122 valence electrons. The lowest BCUT2D eigenvalue weighted by molar-refractivity contribution is -0.123. The monoisotopic (exact) mass is 329 g/mol. The highest BCUT2D eigenvalue weighted by atomic mass is 32.2. The van der Waals surface area contributed by atoms with Gasteiger partial charge in [0, 0.05) is 4.90 Å². The van der Waals surface area contributed by atoms with Gasteiger partial charge in [-0.3, -0.25) is 4.79 Å². The van der Waals surface area contributed by atoms with E-state index < -0.39 is 0 Å². The molecule has 1 atom stereocenters. The number of carbonyl (C=O) groups excluding carboxylic acids is 1. The molecule has 0 bridgehead atoms. The lowest BCUT2D eigenvalue weighted by atomic mass is 10.1. The van der Waals surface area contributed by atoms with Crippen molar-refractivity contribution in [3.8, 4) is 5.75 Å². The Labute approximate surface area is 142 Å². The van der Waals surface area contributed by atoms with Crippen LogP contribution >= 0.6 is 11.8 Å². The van der Waals surface area contributed by atoms with Crippen LogP contribution in [-0.2, 0) is 11.2 Å². The highest BCUT2D eigenvalue weighted by Gasteiger charge is 2.10. The van der Waals surface area contributed by atoms with E-state index in [2.05, 4.69) is 36.5 Å². The highest BCUT2D eigenvalue weighted by Crippen LogP contribution is 2.19. The Morgan fingerprint density at radius 3 is 2.35 bits per heavy atom. The molecule has 0 heterocycles. The van der Waals surface area contributed by atoms with Crippen LogP contribution in [0.3, 0.4) is 0 Å². The quantitative estimate of drug-likeness (QED) is 0.773. The van der Waals surface area contributed by atoms with Crippen LogP contribution in [0, 0.1) is 0 Å². The number of thioether (sulfide) groups is 1. The first-order valence-corrected chi connectivity index (χ1v) is 9.00. The van der Waals surface area contributed by atoms with Gasteiger partial charge in [-0.15, -0.1) is 11.8 Å². The Hall–Kier alpha value is -1.94. The van der Waals surface area contributed by atoms with Crippen LogP contribution in [0.1, 0.15) is 31.0 Å². The summed E-state index contributed by atoms with van der Waals surface area (Å²) >= 11 is 1.68. The van der Waals surface area contributed by atoms with Gasteiger partial charge in [0.05, 0.1) is 6.04 Å². The highest BCUT2D eigenvalue weighted by molar-refractivity contribution is 7.98. The summed E-state index contributed by atoms with van der Waals surface area (Å²) < 4.78 is 5.52. The van der Waals surface area contributed by atoms with E-state index in [1.807, 2.05) is 37.4 Å². The van der Waals surface area contributed by atoms with Crippen molar-refractivity contribution in [3.63, 3.8) is 0 Å². The van der Waals surface area contributed by atoms with Gasteiger partial charge in [0.15, 0.2) is 6.61 Å². The summed E-state index contributed by atoms with van der Waals surface area (Å²) in [5, 5.41) is 2.96. The average Bonchev–Trinajstić information content (AvgIpc) is 2.60. The van der Waals surface area contributed by atoms with Crippen LogP contribution < -0.4 is 10.1 Å². The van der Waals surface area contributed by atoms with Crippen molar-refractivity contribution in [1.82, 2.24) is 5.32 Å². The van der Waals surface area contributed by atoms with E-state index in [1.165, 1.54) is 10.5 Å². The summed E-state index contributed by atoms with van der Waals surface area (Å²) in [7, 11) is 0. The minimum atomic E-state index is -0.119. The first-order valence-electron chi connectivity index (χ1n) is 7.77. The Bertz CT molecular complexity index is 623. The summed E-state index contributed by atoms with van der Waals surface area (Å²) in [6.45, 7) is 4.13. The predicted molar refractivity (Wildman–Crippen MR) is 96.1 cm³/mol. The lowest BCUT2D eigenvalue weighted by Crippen LogP contribution is -2.31. The standard InChI is InChI=1S/C19H23NO2S/c1-4-15-5-7-16(8-6-15)14(2)20-19(21)13-22-17-9-11-18(23-3)12-10-17/h5-12,14H,4,13H2,1-3H3,(H,20,21)/t14-/m1/s1. The number of benzene rings is 2. The van der Waals surface area contributed by atoms with Crippen molar-refractivity contribution < 1.29 is 9.53 Å². The smallest absolute Gasteiger partial charge is 0.258 e. The van der Waals surface area contributed by atoms with Crippen LogP contribution in [-0.4, -0.2) is 18.8 Å². The average molecular weight is 329 g/mol. The normalized spacial score (nSPS) is 11.8. The van der Waals surface area contributed by atoms with Crippen LogP contribution in [0.4, 0.5) is 0 Å². The molecule has 0 aliphatic carbocycles. The fourth-order valence-electron chi connectivity index (χ4n) is 2.23. The molecule has 3 nitrogen and oxygen atoms in total. The van der Waals surface area contributed by atoms with Gasteiger partial charge in [-0.1, -0.05) is 31.2 Å². The van der Waals surface area contributed by atoms with E-state index in [0.717, 1.165) is 12.0 Å². The van der Waals surface area contributed by atoms with Crippen molar-refractivity contribution in [1.29, 1.82) is 0 Å². The molecule has 1 amide bonds. The second-order valence-electron chi connectivity index (χ2n) is 5.35. The van der Waals surface area contributed by atoms with Crippen LogP contribution in [0.5, 0.6) is 5.75 Å². The second-order valence-corrected chi connectivity index (χ2v) is 6.23. The zero-order chi connectivity index (χ0) is 16.7. The van der Waals surface area contributed by atoms with Gasteiger partial charge in [0.1, 0.15) is 5.75 Å². The zero-order valence-electron chi connectivity index (χ0n) is 13.8. The SMILES string of the molecule is CCc1ccc([C@@H](C)NC(=O)COc2ccc(SC)cc2)cc1. The fraction of sp³-hybridized carbons (Fsp3) is 0.316. The molecule has 0 aliphatic rings. The lowest BCUT2D eigenvalue weighted by Gasteiger charge is -2.15. The van der Waals surface area contributed by atoms with Gasteiger partial charge >= 0.3 is 0 Å². The molecule has 2 rings (SSSR count). The second kappa shape index (κ2) is 8.63. The molecule has 0 fully saturated rings. The Balaban J connectivity index is 1.83. The number of aryl methyl sites for hydroxylation is 1. The summed E-state index contributed by atoms with van der Waals surface area (Å²) in [5.41, 5.74) is 2.39. The first kappa shape index (κ1) is 17.4. The van der Waals surface area contributed by atoms with Gasteiger partial charge in [0.2, 0.25) is 0 Å². The third kappa shape index (κ3) is 5.32. The molecule has 2 aromatic rings. The molecule has 2 aromatic carbocycles. The molecule has 0 spiro atoms. The minimum Gasteiger partial charge on any atom is -0.484 e. The number of ether oxygens (including phenoxy) is 1.